The van der Waals surface area contributed by atoms with Gasteiger partial charge in [-0.05, 0) is 31.2 Å². The fourth-order valence-corrected chi connectivity index (χ4v) is 4.60. The van der Waals surface area contributed by atoms with Gasteiger partial charge in [0, 0.05) is 21.8 Å². The molecule has 0 radical (unpaired) electrons. The van der Waals surface area contributed by atoms with E-state index < -0.39 is 9.84 Å². The number of carbonyl (C=O) groups excluding carboxylic acids is 1. The zero-order valence-corrected chi connectivity index (χ0v) is 17.7. The number of rotatable bonds is 6. The summed E-state index contributed by atoms with van der Waals surface area (Å²) in [7, 11) is -3.49. The molecule has 0 saturated carbocycles. The highest BCUT2D eigenvalue weighted by Gasteiger charge is 2.17. The van der Waals surface area contributed by atoms with E-state index in [0.29, 0.717) is 5.13 Å². The zero-order chi connectivity index (χ0) is 19.4. The maximum atomic E-state index is 12.3. The molecule has 1 aromatic heterocycles. The van der Waals surface area contributed by atoms with Crippen LogP contribution in [0.2, 0.25) is 0 Å². The van der Waals surface area contributed by atoms with Crippen LogP contribution < -0.4 is 5.32 Å². The van der Waals surface area contributed by atoms with Gasteiger partial charge in [-0.15, -0.1) is 11.3 Å². The summed E-state index contributed by atoms with van der Waals surface area (Å²) < 4.78 is 25.6. The molecule has 2 aromatic carbocycles. The minimum Gasteiger partial charge on any atom is -0.302 e. The first-order chi connectivity index (χ1) is 12.8. The number of carbonyl (C=O) groups is 1. The first-order valence-electron chi connectivity index (χ1n) is 8.14. The number of amides is 1. The van der Waals surface area contributed by atoms with Crippen LogP contribution in [0, 0.1) is 6.92 Å². The Labute approximate surface area is 170 Å². The van der Waals surface area contributed by atoms with Crippen molar-refractivity contribution in [2.75, 3.05) is 11.1 Å². The molecule has 1 heterocycles. The predicted molar refractivity (Wildman–Crippen MR) is 112 cm³/mol. The Kier molecular flexibility index (Phi) is 6.08. The van der Waals surface area contributed by atoms with Crippen molar-refractivity contribution in [1.82, 2.24) is 4.98 Å². The van der Waals surface area contributed by atoms with Gasteiger partial charge in [0.2, 0.25) is 5.91 Å². The van der Waals surface area contributed by atoms with E-state index in [0.717, 1.165) is 21.3 Å². The second kappa shape index (κ2) is 8.33. The number of halogens is 1. The molecule has 0 spiro atoms. The summed E-state index contributed by atoms with van der Waals surface area (Å²) in [4.78, 5) is 16.7. The Hall–Kier alpha value is -2.03. The van der Waals surface area contributed by atoms with Crippen LogP contribution in [0.3, 0.4) is 0 Å². The number of benzene rings is 2. The average Bonchev–Trinajstić information content (AvgIpc) is 3.09. The lowest BCUT2D eigenvalue weighted by Crippen LogP contribution is -2.17. The van der Waals surface area contributed by atoms with Gasteiger partial charge < -0.3 is 5.32 Å². The molecule has 0 atom stereocenters. The van der Waals surface area contributed by atoms with E-state index in [1.807, 2.05) is 36.6 Å². The summed E-state index contributed by atoms with van der Waals surface area (Å²) in [6, 6.07) is 14.3. The molecule has 8 heteroatoms. The fourth-order valence-electron chi connectivity index (χ4n) is 2.36. The monoisotopic (exact) mass is 464 g/mol. The smallest absolute Gasteiger partial charge is 0.227 e. The van der Waals surface area contributed by atoms with Crippen molar-refractivity contribution in [2.45, 2.75) is 18.2 Å². The van der Waals surface area contributed by atoms with E-state index in [2.05, 4.69) is 26.2 Å². The molecule has 0 unspecified atom stereocenters. The number of hydrogen-bond acceptors (Lipinski definition) is 5. The van der Waals surface area contributed by atoms with E-state index >= 15 is 0 Å². The van der Waals surface area contributed by atoms with E-state index in [1.54, 1.807) is 24.3 Å². The van der Waals surface area contributed by atoms with Crippen LogP contribution in [-0.4, -0.2) is 25.1 Å². The first-order valence-corrected chi connectivity index (χ1v) is 11.5. The molecule has 3 rings (SSSR count). The Bertz CT molecular complexity index is 1040. The Morgan fingerprint density at radius 1 is 1.11 bits per heavy atom. The fraction of sp³-hybridized carbons (Fsp3) is 0.158. The number of thiazole rings is 1. The lowest BCUT2D eigenvalue weighted by atomic mass is 10.2. The van der Waals surface area contributed by atoms with Crippen molar-refractivity contribution in [3.8, 4) is 11.3 Å². The summed E-state index contributed by atoms with van der Waals surface area (Å²) in [5.74, 6) is -0.616. The van der Waals surface area contributed by atoms with Crippen molar-refractivity contribution in [3.05, 3.63) is 63.9 Å². The molecule has 0 aliphatic carbocycles. The molecule has 0 bridgehead atoms. The van der Waals surface area contributed by atoms with Crippen LogP contribution in [-0.2, 0) is 14.6 Å². The van der Waals surface area contributed by atoms with Crippen molar-refractivity contribution in [2.24, 2.45) is 0 Å². The van der Waals surface area contributed by atoms with Crippen molar-refractivity contribution in [3.63, 3.8) is 0 Å². The Morgan fingerprint density at radius 3 is 2.44 bits per heavy atom. The molecule has 0 saturated heterocycles. The third kappa shape index (κ3) is 5.24. The molecule has 27 heavy (non-hydrogen) atoms. The third-order valence-electron chi connectivity index (χ3n) is 3.87. The standard InChI is InChI=1S/C19H17BrN2O3S2/c1-13-2-8-16(9-3-13)27(24,25)11-10-18(23)22-19-21-17(12-26-19)14-4-6-15(20)7-5-14/h2-9,12H,10-11H2,1H3,(H,21,22,23). The van der Waals surface area contributed by atoms with E-state index in [1.165, 1.54) is 11.3 Å². The molecule has 0 aliphatic rings. The summed E-state index contributed by atoms with van der Waals surface area (Å²) in [6.45, 7) is 1.89. The molecule has 5 nitrogen and oxygen atoms in total. The van der Waals surface area contributed by atoms with Gasteiger partial charge in [-0.1, -0.05) is 45.8 Å². The highest BCUT2D eigenvalue weighted by atomic mass is 79.9. The number of nitrogens with zero attached hydrogens (tertiary/aromatic N) is 1. The van der Waals surface area contributed by atoms with Crippen LogP contribution in [0.4, 0.5) is 5.13 Å². The van der Waals surface area contributed by atoms with Crippen LogP contribution in [0.15, 0.2) is 63.3 Å². The van der Waals surface area contributed by atoms with Gasteiger partial charge in [-0.25, -0.2) is 13.4 Å². The minimum atomic E-state index is -3.49. The summed E-state index contributed by atoms with van der Waals surface area (Å²) in [5, 5.41) is 4.97. The summed E-state index contributed by atoms with van der Waals surface area (Å²) >= 11 is 4.69. The van der Waals surface area contributed by atoms with Crippen LogP contribution in [0.5, 0.6) is 0 Å². The van der Waals surface area contributed by atoms with Gasteiger partial charge in [-0.2, -0.15) is 0 Å². The summed E-state index contributed by atoms with van der Waals surface area (Å²) in [6.07, 6.45) is -0.122. The second-order valence-electron chi connectivity index (χ2n) is 5.97. The number of sulfone groups is 1. The molecule has 0 aliphatic heterocycles. The maximum Gasteiger partial charge on any atom is 0.227 e. The number of anilines is 1. The van der Waals surface area contributed by atoms with E-state index in [4.69, 9.17) is 0 Å². The lowest BCUT2D eigenvalue weighted by molar-refractivity contribution is -0.115. The normalized spacial score (nSPS) is 11.3. The molecule has 3 aromatic rings. The largest absolute Gasteiger partial charge is 0.302 e. The number of aryl methyl sites for hydroxylation is 1. The van der Waals surface area contributed by atoms with Gasteiger partial charge in [0.25, 0.3) is 0 Å². The first kappa shape index (κ1) is 19.7. The lowest BCUT2D eigenvalue weighted by Gasteiger charge is -2.05. The summed E-state index contributed by atoms with van der Waals surface area (Å²) in [5.41, 5.74) is 2.68. The SMILES string of the molecule is Cc1ccc(S(=O)(=O)CCC(=O)Nc2nc(-c3ccc(Br)cc3)cs2)cc1. The minimum absolute atomic E-state index is 0.122. The third-order valence-corrected chi connectivity index (χ3v) is 6.89. The van der Waals surface area contributed by atoms with Crippen LogP contribution in [0.25, 0.3) is 11.3 Å². The van der Waals surface area contributed by atoms with E-state index in [-0.39, 0.29) is 23.0 Å². The van der Waals surface area contributed by atoms with Crippen molar-refractivity contribution >= 4 is 48.1 Å². The second-order valence-corrected chi connectivity index (χ2v) is 9.86. The molecular weight excluding hydrogens is 448 g/mol. The zero-order valence-electron chi connectivity index (χ0n) is 14.5. The van der Waals surface area contributed by atoms with Crippen LogP contribution in [0.1, 0.15) is 12.0 Å². The molecule has 1 N–H and O–H groups in total. The average molecular weight is 465 g/mol. The van der Waals surface area contributed by atoms with Gasteiger partial charge in [0.15, 0.2) is 15.0 Å². The van der Waals surface area contributed by atoms with Gasteiger partial charge in [0.1, 0.15) is 0 Å². The van der Waals surface area contributed by atoms with Crippen molar-refractivity contribution < 1.29 is 13.2 Å². The quantitative estimate of drug-likeness (QED) is 0.574. The number of nitrogens with one attached hydrogen (secondary N) is 1. The van der Waals surface area contributed by atoms with Crippen molar-refractivity contribution in [1.29, 1.82) is 0 Å². The number of aromatic nitrogens is 1. The predicted octanol–water partition coefficient (Wildman–Crippen LogP) is 4.68. The van der Waals surface area contributed by atoms with Gasteiger partial charge >= 0.3 is 0 Å². The van der Waals surface area contributed by atoms with Gasteiger partial charge in [-0.3, -0.25) is 4.79 Å². The highest BCUT2D eigenvalue weighted by molar-refractivity contribution is 9.10. The molecular formula is C19H17BrN2O3S2. The molecule has 0 fully saturated rings. The molecule has 140 valence electrons. The molecule has 1 amide bonds. The van der Waals surface area contributed by atoms with Crippen LogP contribution >= 0.6 is 27.3 Å². The number of hydrogen-bond donors (Lipinski definition) is 1. The van der Waals surface area contributed by atoms with Gasteiger partial charge in [0.05, 0.1) is 16.3 Å². The highest BCUT2D eigenvalue weighted by Crippen LogP contribution is 2.26. The maximum absolute atomic E-state index is 12.3. The Balaban J connectivity index is 1.59. The van der Waals surface area contributed by atoms with E-state index in [9.17, 15) is 13.2 Å². The Morgan fingerprint density at radius 2 is 1.78 bits per heavy atom. The topological polar surface area (TPSA) is 76.1 Å².